The standard InChI is InChI=1S/C29H30N2O3/c1-5-7-18-34-23-15-12-21(13-16-23)20(3)24-10-8-9-11-27(24)31(6-2)22-14-17-25-26(19-22)29(33)30(4)28(25)32/h8-17,19H,3,5-7,18H2,1-2,4H3. The van der Waals surface area contributed by atoms with Gasteiger partial charge in [0.05, 0.1) is 17.7 Å². The van der Waals surface area contributed by atoms with E-state index in [1.165, 1.54) is 7.05 Å². The van der Waals surface area contributed by atoms with E-state index in [1.54, 1.807) is 6.07 Å². The van der Waals surface area contributed by atoms with Gasteiger partial charge in [-0.1, -0.05) is 50.3 Å². The SMILES string of the molecule is C=C(c1ccc(OCCCC)cc1)c1ccccc1N(CC)c1ccc2c(c1)C(=O)N(C)C2=O. The molecule has 0 spiro atoms. The molecule has 5 nitrogen and oxygen atoms in total. The zero-order valence-electron chi connectivity index (χ0n) is 20.0. The number of fused-ring (bicyclic) bond motifs is 1. The fourth-order valence-electron chi connectivity index (χ4n) is 4.22. The second kappa shape index (κ2) is 9.96. The Kier molecular flexibility index (Phi) is 6.82. The minimum absolute atomic E-state index is 0.259. The van der Waals surface area contributed by atoms with Gasteiger partial charge in [-0.05, 0) is 60.9 Å². The van der Waals surface area contributed by atoms with Crippen molar-refractivity contribution in [1.29, 1.82) is 0 Å². The van der Waals surface area contributed by atoms with Crippen molar-refractivity contribution in [2.75, 3.05) is 25.1 Å². The molecule has 0 saturated heterocycles. The van der Waals surface area contributed by atoms with E-state index in [0.717, 1.165) is 58.2 Å². The molecule has 0 aromatic heterocycles. The van der Waals surface area contributed by atoms with Crippen molar-refractivity contribution in [1.82, 2.24) is 4.90 Å². The molecule has 0 radical (unpaired) electrons. The lowest BCUT2D eigenvalue weighted by Gasteiger charge is -2.27. The summed E-state index contributed by atoms with van der Waals surface area (Å²) in [5, 5.41) is 0. The Labute approximate surface area is 201 Å². The summed E-state index contributed by atoms with van der Waals surface area (Å²) in [6.45, 7) is 10.0. The molecule has 0 bridgehead atoms. The monoisotopic (exact) mass is 454 g/mol. The first-order chi connectivity index (χ1) is 16.5. The molecule has 0 atom stereocenters. The topological polar surface area (TPSA) is 49.9 Å². The van der Waals surface area contributed by atoms with Crippen LogP contribution in [0.4, 0.5) is 11.4 Å². The zero-order chi connectivity index (χ0) is 24.2. The summed E-state index contributed by atoms with van der Waals surface area (Å²) in [5.41, 5.74) is 5.67. The molecule has 1 aliphatic heterocycles. The number of nitrogens with zero attached hydrogens (tertiary/aromatic N) is 2. The number of para-hydroxylation sites is 1. The number of rotatable bonds is 9. The molecule has 0 unspecified atom stereocenters. The number of carbonyl (C=O) groups is 2. The van der Waals surface area contributed by atoms with Gasteiger partial charge in [0, 0.05) is 30.5 Å². The highest BCUT2D eigenvalue weighted by Gasteiger charge is 2.33. The van der Waals surface area contributed by atoms with Crippen LogP contribution in [0, 0.1) is 0 Å². The molecular formula is C29H30N2O3. The third kappa shape index (κ3) is 4.34. The second-order valence-corrected chi connectivity index (χ2v) is 8.37. The van der Waals surface area contributed by atoms with Crippen molar-refractivity contribution in [3.63, 3.8) is 0 Å². The van der Waals surface area contributed by atoms with Crippen LogP contribution in [0.5, 0.6) is 5.75 Å². The minimum atomic E-state index is -0.267. The molecule has 2 amide bonds. The van der Waals surface area contributed by atoms with Crippen molar-refractivity contribution in [2.45, 2.75) is 26.7 Å². The van der Waals surface area contributed by atoms with Gasteiger partial charge < -0.3 is 9.64 Å². The van der Waals surface area contributed by atoms with Crippen LogP contribution in [0.1, 0.15) is 58.5 Å². The summed E-state index contributed by atoms with van der Waals surface area (Å²) in [5.74, 6) is 0.332. The van der Waals surface area contributed by atoms with E-state index < -0.39 is 0 Å². The van der Waals surface area contributed by atoms with Crippen LogP contribution < -0.4 is 9.64 Å². The summed E-state index contributed by atoms with van der Waals surface area (Å²) >= 11 is 0. The molecular weight excluding hydrogens is 424 g/mol. The number of ether oxygens (including phenoxy) is 1. The summed E-state index contributed by atoms with van der Waals surface area (Å²) in [4.78, 5) is 28.1. The lowest BCUT2D eigenvalue weighted by atomic mass is 9.97. The fourth-order valence-corrected chi connectivity index (χ4v) is 4.22. The maximum atomic E-state index is 12.5. The first-order valence-electron chi connectivity index (χ1n) is 11.7. The number of imide groups is 1. The van der Waals surface area contributed by atoms with Crippen LogP contribution in [-0.4, -0.2) is 36.9 Å². The summed E-state index contributed by atoms with van der Waals surface area (Å²) in [6.07, 6.45) is 2.14. The van der Waals surface area contributed by atoms with Gasteiger partial charge in [0.15, 0.2) is 0 Å². The maximum Gasteiger partial charge on any atom is 0.261 e. The van der Waals surface area contributed by atoms with Crippen molar-refractivity contribution in [3.8, 4) is 5.75 Å². The number of benzene rings is 3. The van der Waals surface area contributed by atoms with Gasteiger partial charge in [0.25, 0.3) is 11.8 Å². The first kappa shape index (κ1) is 23.3. The van der Waals surface area contributed by atoms with Crippen LogP contribution in [-0.2, 0) is 0 Å². The highest BCUT2D eigenvalue weighted by Crippen LogP contribution is 2.36. The summed E-state index contributed by atoms with van der Waals surface area (Å²) < 4.78 is 5.79. The highest BCUT2D eigenvalue weighted by molar-refractivity contribution is 6.21. The summed E-state index contributed by atoms with van der Waals surface area (Å²) in [6, 6.07) is 21.6. The average molecular weight is 455 g/mol. The van der Waals surface area contributed by atoms with E-state index in [0.29, 0.717) is 17.7 Å². The third-order valence-corrected chi connectivity index (χ3v) is 6.19. The van der Waals surface area contributed by atoms with Gasteiger partial charge in [-0.3, -0.25) is 14.5 Å². The molecule has 3 aromatic carbocycles. The third-order valence-electron chi connectivity index (χ3n) is 6.19. The molecule has 34 heavy (non-hydrogen) atoms. The van der Waals surface area contributed by atoms with E-state index >= 15 is 0 Å². The molecule has 1 aliphatic rings. The molecule has 0 N–H and O–H groups in total. The zero-order valence-corrected chi connectivity index (χ0v) is 20.0. The second-order valence-electron chi connectivity index (χ2n) is 8.37. The molecule has 0 saturated carbocycles. The molecule has 1 heterocycles. The number of anilines is 2. The maximum absolute atomic E-state index is 12.5. The Bertz CT molecular complexity index is 1230. The van der Waals surface area contributed by atoms with Crippen LogP contribution in [0.25, 0.3) is 5.57 Å². The van der Waals surface area contributed by atoms with E-state index in [9.17, 15) is 9.59 Å². The van der Waals surface area contributed by atoms with Gasteiger partial charge in [0.2, 0.25) is 0 Å². The van der Waals surface area contributed by atoms with E-state index in [-0.39, 0.29) is 11.8 Å². The van der Waals surface area contributed by atoms with Crippen molar-refractivity contribution in [3.05, 3.63) is 95.6 Å². The van der Waals surface area contributed by atoms with Crippen molar-refractivity contribution < 1.29 is 14.3 Å². The molecule has 0 aliphatic carbocycles. The van der Waals surface area contributed by atoms with Crippen LogP contribution in [0.3, 0.4) is 0 Å². The van der Waals surface area contributed by atoms with Crippen molar-refractivity contribution >= 4 is 28.8 Å². The van der Waals surface area contributed by atoms with Crippen molar-refractivity contribution in [2.24, 2.45) is 0 Å². The molecule has 0 fully saturated rings. The largest absolute Gasteiger partial charge is 0.494 e. The normalized spacial score (nSPS) is 12.6. The molecule has 174 valence electrons. The Morgan fingerprint density at radius 3 is 2.35 bits per heavy atom. The van der Waals surface area contributed by atoms with Crippen LogP contribution in [0.2, 0.25) is 0 Å². The predicted octanol–water partition coefficient (Wildman–Crippen LogP) is 6.31. The van der Waals surface area contributed by atoms with Crippen LogP contribution >= 0.6 is 0 Å². The Hall–Kier alpha value is -3.86. The highest BCUT2D eigenvalue weighted by atomic mass is 16.5. The smallest absolute Gasteiger partial charge is 0.261 e. The molecule has 4 rings (SSSR count). The van der Waals surface area contributed by atoms with Crippen LogP contribution in [0.15, 0.2) is 73.3 Å². The number of amides is 2. The Morgan fingerprint density at radius 2 is 1.65 bits per heavy atom. The molecule has 5 heteroatoms. The minimum Gasteiger partial charge on any atom is -0.494 e. The van der Waals surface area contributed by atoms with Gasteiger partial charge in [-0.25, -0.2) is 0 Å². The fraction of sp³-hybridized carbons (Fsp3) is 0.241. The van der Waals surface area contributed by atoms with E-state index in [1.807, 2.05) is 48.5 Å². The van der Waals surface area contributed by atoms with E-state index in [2.05, 4.69) is 37.5 Å². The Morgan fingerprint density at radius 1 is 0.941 bits per heavy atom. The summed E-state index contributed by atoms with van der Waals surface area (Å²) in [7, 11) is 1.52. The van der Waals surface area contributed by atoms with Gasteiger partial charge in [-0.2, -0.15) is 0 Å². The number of carbonyl (C=O) groups excluding carboxylic acids is 2. The lowest BCUT2D eigenvalue weighted by molar-refractivity contribution is 0.0693. The number of hydrogen-bond donors (Lipinski definition) is 0. The average Bonchev–Trinajstić information content (AvgIpc) is 3.08. The van der Waals surface area contributed by atoms with Gasteiger partial charge >= 0.3 is 0 Å². The number of hydrogen-bond acceptors (Lipinski definition) is 4. The predicted molar refractivity (Wildman–Crippen MR) is 137 cm³/mol. The first-order valence-corrected chi connectivity index (χ1v) is 11.7. The van der Waals surface area contributed by atoms with E-state index in [4.69, 9.17) is 4.74 Å². The lowest BCUT2D eigenvalue weighted by Crippen LogP contribution is -2.24. The molecule has 3 aromatic rings. The quantitative estimate of drug-likeness (QED) is 0.281. The number of unbranched alkanes of at least 4 members (excludes halogenated alkanes) is 1. The van der Waals surface area contributed by atoms with Gasteiger partial charge in [-0.15, -0.1) is 0 Å². The van der Waals surface area contributed by atoms with Gasteiger partial charge in [0.1, 0.15) is 5.75 Å². The Balaban J connectivity index is 1.65.